The van der Waals surface area contributed by atoms with Crippen molar-refractivity contribution in [3.05, 3.63) is 17.0 Å². The van der Waals surface area contributed by atoms with Gasteiger partial charge in [0.2, 0.25) is 5.91 Å². The second-order valence-electron chi connectivity index (χ2n) is 4.72. The van der Waals surface area contributed by atoms with E-state index in [0.717, 1.165) is 24.4 Å². The van der Waals surface area contributed by atoms with Crippen molar-refractivity contribution < 1.29 is 9.53 Å². The molecule has 1 amide bonds. The fourth-order valence-corrected chi connectivity index (χ4v) is 2.25. The molecule has 2 heterocycles. The van der Waals surface area contributed by atoms with Gasteiger partial charge in [-0.2, -0.15) is 5.10 Å². The van der Waals surface area contributed by atoms with Crippen molar-refractivity contribution in [2.24, 2.45) is 0 Å². The van der Waals surface area contributed by atoms with Crippen molar-refractivity contribution in [1.82, 2.24) is 15.1 Å². The summed E-state index contributed by atoms with van der Waals surface area (Å²) in [5.74, 6) is 0.468. The maximum Gasteiger partial charge on any atom is 0.248 e. The number of aromatic nitrogens is 2. The Balaban J connectivity index is 2.12. The maximum atomic E-state index is 11.7. The van der Waals surface area contributed by atoms with Crippen LogP contribution in [0.1, 0.15) is 36.7 Å². The van der Waals surface area contributed by atoms with Gasteiger partial charge in [-0.3, -0.25) is 9.89 Å². The Kier molecular flexibility index (Phi) is 3.47. The third kappa shape index (κ3) is 2.34. The van der Waals surface area contributed by atoms with Crippen LogP contribution >= 0.6 is 0 Å². The minimum absolute atomic E-state index is 0.0406. The molecule has 5 heteroatoms. The molecule has 0 radical (unpaired) electrons. The van der Waals surface area contributed by atoms with Crippen LogP contribution in [-0.2, 0) is 22.5 Å². The number of hydrogen-bond acceptors (Lipinski definition) is 3. The fraction of sp³-hybridized carbons (Fsp3) is 0.667. The van der Waals surface area contributed by atoms with E-state index < -0.39 is 0 Å². The van der Waals surface area contributed by atoms with Crippen LogP contribution in [0.3, 0.4) is 0 Å². The van der Waals surface area contributed by atoms with E-state index in [9.17, 15) is 4.79 Å². The summed E-state index contributed by atoms with van der Waals surface area (Å²) in [5, 5.41) is 7.39. The van der Waals surface area contributed by atoms with Gasteiger partial charge in [-0.15, -0.1) is 0 Å². The van der Waals surface area contributed by atoms with Gasteiger partial charge in [-0.05, 0) is 12.3 Å². The third-order valence-corrected chi connectivity index (χ3v) is 3.13. The standard InChI is InChI=1S/C12H19N3O2/c1-8(2)12-9-4-5-15(11(16)7-17-3)6-10(9)13-14-12/h8H,4-7H2,1-3H3,(H,13,14). The first kappa shape index (κ1) is 12.1. The maximum absolute atomic E-state index is 11.7. The van der Waals surface area contributed by atoms with E-state index in [1.807, 2.05) is 4.90 Å². The number of methoxy groups -OCH3 is 1. The van der Waals surface area contributed by atoms with Crippen molar-refractivity contribution in [1.29, 1.82) is 0 Å². The highest BCUT2D eigenvalue weighted by molar-refractivity contribution is 5.77. The van der Waals surface area contributed by atoms with Gasteiger partial charge in [0, 0.05) is 19.2 Å². The van der Waals surface area contributed by atoms with Crippen LogP contribution in [0.5, 0.6) is 0 Å². The molecular formula is C12H19N3O2. The Bertz CT molecular complexity index is 412. The van der Waals surface area contributed by atoms with Gasteiger partial charge in [0.25, 0.3) is 0 Å². The van der Waals surface area contributed by atoms with Crippen molar-refractivity contribution in [3.8, 4) is 0 Å². The Hall–Kier alpha value is -1.36. The Morgan fingerprint density at radius 3 is 3.00 bits per heavy atom. The fourth-order valence-electron chi connectivity index (χ4n) is 2.25. The normalized spacial score (nSPS) is 15.2. The summed E-state index contributed by atoms with van der Waals surface area (Å²) in [6, 6.07) is 0. The molecule has 2 rings (SSSR count). The second kappa shape index (κ2) is 4.87. The number of H-pyrrole nitrogens is 1. The lowest BCUT2D eigenvalue weighted by atomic mass is 9.98. The molecule has 1 aromatic rings. The topological polar surface area (TPSA) is 58.2 Å². The van der Waals surface area contributed by atoms with Gasteiger partial charge in [0.15, 0.2) is 0 Å². The van der Waals surface area contributed by atoms with Crippen LogP contribution in [0.15, 0.2) is 0 Å². The molecule has 0 bridgehead atoms. The van der Waals surface area contributed by atoms with Gasteiger partial charge in [0.1, 0.15) is 6.61 Å². The van der Waals surface area contributed by atoms with E-state index >= 15 is 0 Å². The monoisotopic (exact) mass is 237 g/mol. The first-order valence-electron chi connectivity index (χ1n) is 5.96. The van der Waals surface area contributed by atoms with Crippen molar-refractivity contribution >= 4 is 5.91 Å². The molecule has 1 aliphatic heterocycles. The molecule has 0 saturated heterocycles. The molecule has 1 N–H and O–H groups in total. The first-order valence-corrected chi connectivity index (χ1v) is 5.96. The third-order valence-electron chi connectivity index (χ3n) is 3.13. The molecule has 1 aliphatic rings. The van der Waals surface area contributed by atoms with Crippen LogP contribution in [0, 0.1) is 0 Å². The molecule has 0 atom stereocenters. The zero-order valence-corrected chi connectivity index (χ0v) is 10.6. The molecule has 0 aliphatic carbocycles. The van der Waals surface area contributed by atoms with E-state index in [0.29, 0.717) is 12.5 Å². The zero-order chi connectivity index (χ0) is 12.4. The van der Waals surface area contributed by atoms with Crippen molar-refractivity contribution in [2.75, 3.05) is 20.3 Å². The predicted octanol–water partition coefficient (Wildman–Crippen LogP) is 1.06. The Morgan fingerprint density at radius 1 is 1.59 bits per heavy atom. The highest BCUT2D eigenvalue weighted by Gasteiger charge is 2.25. The number of nitrogens with one attached hydrogen (secondary N) is 1. The average molecular weight is 237 g/mol. The summed E-state index contributed by atoms with van der Waals surface area (Å²) in [7, 11) is 1.54. The van der Waals surface area contributed by atoms with Gasteiger partial charge in [-0.25, -0.2) is 0 Å². The average Bonchev–Trinajstić information content (AvgIpc) is 2.71. The first-order chi connectivity index (χ1) is 8.13. The van der Waals surface area contributed by atoms with E-state index in [-0.39, 0.29) is 12.5 Å². The minimum atomic E-state index is 0.0406. The van der Waals surface area contributed by atoms with Crippen LogP contribution in [0.25, 0.3) is 0 Å². The lowest BCUT2D eigenvalue weighted by Crippen LogP contribution is -2.38. The van der Waals surface area contributed by atoms with Crippen molar-refractivity contribution in [2.45, 2.75) is 32.7 Å². The molecular weight excluding hydrogens is 218 g/mol. The van der Waals surface area contributed by atoms with Gasteiger partial charge >= 0.3 is 0 Å². The van der Waals surface area contributed by atoms with Crippen LogP contribution in [0.4, 0.5) is 0 Å². The summed E-state index contributed by atoms with van der Waals surface area (Å²) < 4.78 is 4.87. The number of fused-ring (bicyclic) bond motifs is 1. The number of nitrogens with zero attached hydrogens (tertiary/aromatic N) is 2. The summed E-state index contributed by atoms with van der Waals surface area (Å²) in [6.07, 6.45) is 0.884. The number of aromatic amines is 1. The van der Waals surface area contributed by atoms with Crippen LogP contribution in [-0.4, -0.2) is 41.3 Å². The summed E-state index contributed by atoms with van der Waals surface area (Å²) in [5.41, 5.74) is 3.50. The lowest BCUT2D eigenvalue weighted by molar-refractivity contribution is -0.136. The summed E-state index contributed by atoms with van der Waals surface area (Å²) >= 11 is 0. The van der Waals surface area contributed by atoms with E-state index in [4.69, 9.17) is 4.74 Å². The minimum Gasteiger partial charge on any atom is -0.375 e. The molecule has 0 saturated carbocycles. The van der Waals surface area contributed by atoms with Gasteiger partial charge in [0.05, 0.1) is 17.9 Å². The smallest absolute Gasteiger partial charge is 0.248 e. The summed E-state index contributed by atoms with van der Waals surface area (Å²) in [6.45, 7) is 5.81. The molecule has 5 nitrogen and oxygen atoms in total. The highest BCUT2D eigenvalue weighted by Crippen LogP contribution is 2.25. The van der Waals surface area contributed by atoms with E-state index in [1.165, 1.54) is 5.56 Å². The molecule has 1 aromatic heterocycles. The van der Waals surface area contributed by atoms with Crippen LogP contribution < -0.4 is 0 Å². The quantitative estimate of drug-likeness (QED) is 0.855. The Morgan fingerprint density at radius 2 is 2.35 bits per heavy atom. The van der Waals surface area contributed by atoms with Crippen LogP contribution in [0.2, 0.25) is 0 Å². The van der Waals surface area contributed by atoms with Gasteiger partial charge < -0.3 is 9.64 Å². The number of amides is 1. The number of ether oxygens (including phenoxy) is 1. The number of hydrogen-bond donors (Lipinski definition) is 1. The number of carbonyl (C=O) groups excluding carboxylic acids is 1. The number of rotatable bonds is 3. The largest absolute Gasteiger partial charge is 0.375 e. The van der Waals surface area contributed by atoms with E-state index in [1.54, 1.807) is 7.11 Å². The van der Waals surface area contributed by atoms with Crippen molar-refractivity contribution in [3.63, 3.8) is 0 Å². The Labute approximate surface area is 101 Å². The molecule has 17 heavy (non-hydrogen) atoms. The summed E-state index contributed by atoms with van der Waals surface area (Å²) in [4.78, 5) is 13.5. The second-order valence-corrected chi connectivity index (χ2v) is 4.72. The molecule has 0 spiro atoms. The van der Waals surface area contributed by atoms with E-state index in [2.05, 4.69) is 24.0 Å². The number of carbonyl (C=O) groups is 1. The highest BCUT2D eigenvalue weighted by atomic mass is 16.5. The molecule has 0 aromatic carbocycles. The van der Waals surface area contributed by atoms with Gasteiger partial charge in [-0.1, -0.05) is 13.8 Å². The molecule has 0 fully saturated rings. The lowest BCUT2D eigenvalue weighted by Gasteiger charge is -2.27. The zero-order valence-electron chi connectivity index (χ0n) is 10.6. The predicted molar refractivity (Wildman–Crippen MR) is 63.7 cm³/mol. The molecule has 0 unspecified atom stereocenters. The SMILES string of the molecule is COCC(=O)N1CCc2c(C(C)C)n[nH]c2C1. The molecule has 94 valence electrons.